The molecule has 0 fully saturated rings. The number of hydrogen-bond acceptors (Lipinski definition) is 5. The Bertz CT molecular complexity index is 303. The van der Waals surface area contributed by atoms with Crippen molar-refractivity contribution in [3.63, 3.8) is 0 Å². The second-order valence-electron chi connectivity index (χ2n) is 3.21. The predicted octanol–water partition coefficient (Wildman–Crippen LogP) is 1.79. The fraction of sp³-hybridized carbons (Fsp3) is 0.600. The van der Waals surface area contributed by atoms with Crippen LogP contribution in [-0.2, 0) is 6.42 Å². The van der Waals surface area contributed by atoms with E-state index in [-0.39, 0.29) is 0 Å². The Hall–Kier alpha value is -0.970. The number of nitrogen functional groups attached to an aromatic ring is 1. The van der Waals surface area contributed by atoms with Gasteiger partial charge in [0.1, 0.15) is 18.0 Å². The summed E-state index contributed by atoms with van der Waals surface area (Å²) < 4.78 is 0. The predicted molar refractivity (Wildman–Crippen MR) is 67.3 cm³/mol. The van der Waals surface area contributed by atoms with E-state index in [9.17, 15) is 0 Å². The molecule has 1 heterocycles. The highest BCUT2D eigenvalue weighted by molar-refractivity contribution is 7.98. The average molecular weight is 226 g/mol. The van der Waals surface area contributed by atoms with E-state index in [1.54, 1.807) is 0 Å². The van der Waals surface area contributed by atoms with Crippen LogP contribution in [0, 0.1) is 0 Å². The van der Waals surface area contributed by atoms with Gasteiger partial charge in [-0.15, -0.1) is 0 Å². The fourth-order valence-electron chi connectivity index (χ4n) is 1.35. The zero-order chi connectivity index (χ0) is 11.1. The van der Waals surface area contributed by atoms with Crippen LogP contribution in [0.3, 0.4) is 0 Å². The van der Waals surface area contributed by atoms with Crippen LogP contribution in [-0.4, -0.2) is 28.5 Å². The highest BCUT2D eigenvalue weighted by Crippen LogP contribution is 2.17. The number of nitrogens with one attached hydrogen (secondary N) is 1. The molecule has 15 heavy (non-hydrogen) atoms. The van der Waals surface area contributed by atoms with Gasteiger partial charge < -0.3 is 11.1 Å². The van der Waals surface area contributed by atoms with Crippen LogP contribution >= 0.6 is 11.8 Å². The number of anilines is 2. The van der Waals surface area contributed by atoms with E-state index in [1.165, 1.54) is 6.33 Å². The van der Waals surface area contributed by atoms with E-state index >= 15 is 0 Å². The van der Waals surface area contributed by atoms with Crippen LogP contribution in [0.15, 0.2) is 6.33 Å². The zero-order valence-corrected chi connectivity index (χ0v) is 10.1. The molecule has 0 bridgehead atoms. The van der Waals surface area contributed by atoms with Gasteiger partial charge in [-0.25, -0.2) is 9.97 Å². The maximum Gasteiger partial charge on any atom is 0.134 e. The van der Waals surface area contributed by atoms with Crippen molar-refractivity contribution in [1.82, 2.24) is 9.97 Å². The third-order valence-electron chi connectivity index (χ3n) is 2.15. The van der Waals surface area contributed by atoms with Crippen molar-refractivity contribution in [2.75, 3.05) is 29.6 Å². The largest absolute Gasteiger partial charge is 0.383 e. The molecule has 3 N–H and O–H groups in total. The lowest BCUT2D eigenvalue weighted by atomic mass is 10.2. The molecule has 4 nitrogen and oxygen atoms in total. The van der Waals surface area contributed by atoms with Crippen molar-refractivity contribution in [3.8, 4) is 0 Å². The summed E-state index contributed by atoms with van der Waals surface area (Å²) in [6.45, 7) is 2.99. The minimum absolute atomic E-state index is 0.583. The second kappa shape index (κ2) is 6.50. The summed E-state index contributed by atoms with van der Waals surface area (Å²) in [6.07, 6.45) is 5.61. The van der Waals surface area contributed by atoms with Gasteiger partial charge in [-0.3, -0.25) is 0 Å². The molecular weight excluding hydrogens is 208 g/mol. The van der Waals surface area contributed by atoms with Gasteiger partial charge in [0.25, 0.3) is 0 Å². The van der Waals surface area contributed by atoms with Crippen molar-refractivity contribution in [2.24, 2.45) is 0 Å². The average Bonchev–Trinajstić information content (AvgIpc) is 2.24. The van der Waals surface area contributed by atoms with E-state index in [2.05, 4.69) is 28.5 Å². The van der Waals surface area contributed by atoms with Crippen LogP contribution in [0.1, 0.15) is 18.9 Å². The minimum Gasteiger partial charge on any atom is -0.383 e. The normalized spacial score (nSPS) is 10.3. The Labute approximate surface area is 95.1 Å². The third-order valence-corrected chi connectivity index (χ3v) is 2.85. The zero-order valence-electron chi connectivity index (χ0n) is 9.29. The molecule has 0 unspecified atom stereocenters. The molecule has 0 amide bonds. The Kier molecular flexibility index (Phi) is 5.25. The molecule has 0 aliphatic rings. The molecule has 1 aromatic heterocycles. The third kappa shape index (κ3) is 3.58. The van der Waals surface area contributed by atoms with Crippen molar-refractivity contribution in [3.05, 3.63) is 11.9 Å². The first-order chi connectivity index (χ1) is 7.29. The lowest BCUT2D eigenvalue weighted by molar-refractivity contribution is 0.960. The Morgan fingerprint density at radius 3 is 2.93 bits per heavy atom. The van der Waals surface area contributed by atoms with Gasteiger partial charge in [-0.2, -0.15) is 11.8 Å². The molecule has 0 saturated carbocycles. The van der Waals surface area contributed by atoms with Crippen molar-refractivity contribution < 1.29 is 0 Å². The highest BCUT2D eigenvalue weighted by atomic mass is 32.2. The first-order valence-electron chi connectivity index (χ1n) is 5.11. The van der Waals surface area contributed by atoms with Crippen molar-refractivity contribution in [2.45, 2.75) is 19.8 Å². The molecule has 0 spiro atoms. The molecule has 0 aliphatic carbocycles. The molecule has 0 radical (unpaired) electrons. The lowest BCUT2D eigenvalue weighted by Crippen LogP contribution is -2.09. The van der Waals surface area contributed by atoms with E-state index in [0.29, 0.717) is 5.82 Å². The fourth-order valence-corrected chi connectivity index (χ4v) is 1.78. The quantitative estimate of drug-likeness (QED) is 0.724. The number of thioether (sulfide) groups is 1. The van der Waals surface area contributed by atoms with Crippen molar-refractivity contribution >= 4 is 23.4 Å². The molecular formula is C10H18N4S. The molecule has 5 heteroatoms. The van der Waals surface area contributed by atoms with Gasteiger partial charge in [-0.05, 0) is 24.9 Å². The van der Waals surface area contributed by atoms with E-state index in [0.717, 1.165) is 36.5 Å². The number of nitrogens with zero attached hydrogens (tertiary/aromatic N) is 2. The second-order valence-corrected chi connectivity index (χ2v) is 4.20. The lowest BCUT2D eigenvalue weighted by Gasteiger charge is -2.10. The summed E-state index contributed by atoms with van der Waals surface area (Å²) in [5, 5.41) is 3.30. The number of rotatable bonds is 6. The van der Waals surface area contributed by atoms with Crippen LogP contribution in [0.25, 0.3) is 0 Å². The number of hydrogen-bond donors (Lipinski definition) is 2. The number of nitrogens with two attached hydrogens (primary N) is 1. The smallest absolute Gasteiger partial charge is 0.134 e. The molecule has 0 aliphatic heterocycles. The Morgan fingerprint density at radius 1 is 1.47 bits per heavy atom. The van der Waals surface area contributed by atoms with Crippen LogP contribution < -0.4 is 11.1 Å². The van der Waals surface area contributed by atoms with Gasteiger partial charge in [0, 0.05) is 12.1 Å². The van der Waals surface area contributed by atoms with Crippen molar-refractivity contribution in [1.29, 1.82) is 0 Å². The molecule has 1 aromatic rings. The monoisotopic (exact) mass is 226 g/mol. The summed E-state index contributed by atoms with van der Waals surface area (Å²) >= 11 is 1.85. The highest BCUT2D eigenvalue weighted by Gasteiger charge is 2.05. The van der Waals surface area contributed by atoms with E-state index in [4.69, 9.17) is 5.73 Å². The van der Waals surface area contributed by atoms with E-state index < -0.39 is 0 Å². The first-order valence-corrected chi connectivity index (χ1v) is 6.51. The molecule has 0 atom stereocenters. The maximum absolute atomic E-state index is 5.77. The van der Waals surface area contributed by atoms with Gasteiger partial charge >= 0.3 is 0 Å². The maximum atomic E-state index is 5.77. The summed E-state index contributed by atoms with van der Waals surface area (Å²) in [5.41, 5.74) is 6.78. The molecule has 0 saturated heterocycles. The van der Waals surface area contributed by atoms with Gasteiger partial charge in [-0.1, -0.05) is 6.92 Å². The summed E-state index contributed by atoms with van der Waals surface area (Å²) in [6, 6.07) is 0. The van der Waals surface area contributed by atoms with Gasteiger partial charge in [0.15, 0.2) is 0 Å². The Morgan fingerprint density at radius 2 is 2.27 bits per heavy atom. The first kappa shape index (κ1) is 12.1. The van der Waals surface area contributed by atoms with Gasteiger partial charge in [0.2, 0.25) is 0 Å². The molecule has 0 aromatic carbocycles. The van der Waals surface area contributed by atoms with Crippen LogP contribution in [0.4, 0.5) is 11.6 Å². The summed E-state index contributed by atoms with van der Waals surface area (Å²) in [7, 11) is 0. The molecule has 1 rings (SSSR count). The summed E-state index contributed by atoms with van der Waals surface area (Å²) in [5.74, 6) is 2.63. The minimum atomic E-state index is 0.583. The van der Waals surface area contributed by atoms with Crippen LogP contribution in [0.2, 0.25) is 0 Å². The standard InChI is InChI=1S/C10H18N4S/c1-3-8-9(11)13-7-14-10(8)12-5-4-6-15-2/h7H,3-6H2,1-2H3,(H3,11,12,13,14). The topological polar surface area (TPSA) is 63.8 Å². The van der Waals surface area contributed by atoms with Crippen LogP contribution in [0.5, 0.6) is 0 Å². The molecule has 84 valence electrons. The van der Waals surface area contributed by atoms with Gasteiger partial charge in [0.05, 0.1) is 0 Å². The Balaban J connectivity index is 2.56. The summed E-state index contributed by atoms with van der Waals surface area (Å²) in [4.78, 5) is 8.18. The SMILES string of the molecule is CCc1c(N)ncnc1NCCCSC. The number of aromatic nitrogens is 2. The van der Waals surface area contributed by atoms with E-state index in [1.807, 2.05) is 11.8 Å².